The Morgan fingerprint density at radius 3 is 2.64 bits per heavy atom. The van der Waals surface area contributed by atoms with E-state index in [0.29, 0.717) is 12.2 Å². The largest absolute Gasteiger partial charge is 0.497 e. The summed E-state index contributed by atoms with van der Waals surface area (Å²) in [4.78, 5) is 20.3. The molecule has 0 atom stereocenters. The van der Waals surface area contributed by atoms with Crippen molar-refractivity contribution in [2.45, 2.75) is 6.54 Å². The lowest BCUT2D eigenvalue weighted by Gasteiger charge is -2.09. The van der Waals surface area contributed by atoms with Gasteiger partial charge in [-0.15, -0.1) is 0 Å². The fourth-order valence-electron chi connectivity index (χ4n) is 2.24. The highest BCUT2D eigenvalue weighted by atomic mass is 16.5. The zero-order valence-corrected chi connectivity index (χ0v) is 13.8. The average molecular weight is 334 g/mol. The summed E-state index contributed by atoms with van der Waals surface area (Å²) in [5.41, 5.74) is 3.03. The fourth-order valence-corrected chi connectivity index (χ4v) is 2.24. The summed E-state index contributed by atoms with van der Waals surface area (Å²) in [6.07, 6.45) is 5.01. The maximum absolute atomic E-state index is 12.1. The van der Waals surface area contributed by atoms with Crippen molar-refractivity contribution in [2.24, 2.45) is 0 Å². The van der Waals surface area contributed by atoms with E-state index in [1.807, 2.05) is 42.5 Å². The summed E-state index contributed by atoms with van der Waals surface area (Å²) < 4.78 is 5.19. The minimum atomic E-state index is -0.218. The molecule has 0 aliphatic carbocycles. The molecule has 0 spiro atoms. The summed E-state index contributed by atoms with van der Waals surface area (Å²) >= 11 is 0. The van der Waals surface area contributed by atoms with E-state index in [-0.39, 0.29) is 5.91 Å². The number of anilines is 2. The Labute approximate surface area is 145 Å². The van der Waals surface area contributed by atoms with Crippen molar-refractivity contribution in [2.75, 3.05) is 12.4 Å². The molecule has 1 aromatic carbocycles. The topological polar surface area (TPSA) is 76.1 Å². The van der Waals surface area contributed by atoms with Gasteiger partial charge in [0.15, 0.2) is 0 Å². The van der Waals surface area contributed by atoms with Crippen LogP contribution in [0.15, 0.2) is 67.1 Å². The van der Waals surface area contributed by atoms with Gasteiger partial charge in [0, 0.05) is 30.7 Å². The van der Waals surface area contributed by atoms with E-state index in [1.165, 1.54) is 0 Å². The predicted octanol–water partition coefficient (Wildman–Crippen LogP) is 3.16. The molecular weight excluding hydrogens is 316 g/mol. The summed E-state index contributed by atoms with van der Waals surface area (Å²) in [6.45, 7) is 0.437. The quantitative estimate of drug-likeness (QED) is 0.724. The number of hydrogen-bond donors (Lipinski definition) is 2. The van der Waals surface area contributed by atoms with Crippen LogP contribution in [-0.4, -0.2) is 23.0 Å². The van der Waals surface area contributed by atoms with Crippen LogP contribution in [0, 0.1) is 0 Å². The van der Waals surface area contributed by atoms with Gasteiger partial charge in [-0.05, 0) is 42.0 Å². The molecule has 6 nitrogen and oxygen atoms in total. The van der Waals surface area contributed by atoms with Crippen LogP contribution in [0.1, 0.15) is 16.1 Å². The Morgan fingerprint density at radius 1 is 1.08 bits per heavy atom. The van der Waals surface area contributed by atoms with Crippen LogP contribution in [0.4, 0.5) is 11.4 Å². The van der Waals surface area contributed by atoms with Gasteiger partial charge < -0.3 is 15.4 Å². The van der Waals surface area contributed by atoms with E-state index in [1.54, 1.807) is 31.8 Å². The van der Waals surface area contributed by atoms with Gasteiger partial charge >= 0.3 is 0 Å². The Hall–Kier alpha value is -3.41. The van der Waals surface area contributed by atoms with Crippen molar-refractivity contribution in [3.63, 3.8) is 0 Å². The predicted molar refractivity (Wildman–Crippen MR) is 95.9 cm³/mol. The van der Waals surface area contributed by atoms with E-state index >= 15 is 0 Å². The lowest BCUT2D eigenvalue weighted by atomic mass is 10.2. The highest BCUT2D eigenvalue weighted by Gasteiger charge is 2.07. The number of hydrogen-bond acceptors (Lipinski definition) is 5. The maximum atomic E-state index is 12.1. The Morgan fingerprint density at radius 2 is 1.92 bits per heavy atom. The van der Waals surface area contributed by atoms with Crippen LogP contribution in [0.5, 0.6) is 5.75 Å². The summed E-state index contributed by atoms with van der Waals surface area (Å²) in [5.74, 6) is 0.551. The van der Waals surface area contributed by atoms with Crippen LogP contribution in [-0.2, 0) is 6.54 Å². The fraction of sp³-hybridized carbons (Fsp3) is 0.105. The second kappa shape index (κ2) is 7.92. The first-order valence-corrected chi connectivity index (χ1v) is 7.79. The highest BCUT2D eigenvalue weighted by Crippen LogP contribution is 2.20. The van der Waals surface area contributed by atoms with Crippen LogP contribution in [0.25, 0.3) is 0 Å². The van der Waals surface area contributed by atoms with Gasteiger partial charge in [-0.2, -0.15) is 0 Å². The molecule has 0 unspecified atom stereocenters. The third-order valence-corrected chi connectivity index (χ3v) is 3.56. The van der Waals surface area contributed by atoms with Crippen LogP contribution in [0.2, 0.25) is 0 Å². The molecule has 25 heavy (non-hydrogen) atoms. The molecule has 6 heteroatoms. The van der Waals surface area contributed by atoms with Gasteiger partial charge in [0.05, 0.1) is 19.0 Å². The number of aromatic nitrogens is 2. The molecule has 1 amide bonds. The Balaban J connectivity index is 1.60. The molecule has 0 radical (unpaired) electrons. The monoisotopic (exact) mass is 334 g/mol. The molecule has 0 aliphatic heterocycles. The summed E-state index contributed by atoms with van der Waals surface area (Å²) in [7, 11) is 1.63. The van der Waals surface area contributed by atoms with Crippen LogP contribution >= 0.6 is 0 Å². The third-order valence-electron chi connectivity index (χ3n) is 3.56. The number of nitrogens with one attached hydrogen (secondary N) is 2. The SMILES string of the molecule is COc1cccc(Nc2ccc(C(=O)NCc3ccncc3)nc2)c1. The van der Waals surface area contributed by atoms with Crippen molar-refractivity contribution in [1.29, 1.82) is 0 Å². The van der Waals surface area contributed by atoms with Gasteiger partial charge in [0.1, 0.15) is 11.4 Å². The van der Waals surface area contributed by atoms with Gasteiger partial charge in [-0.25, -0.2) is 4.98 Å². The van der Waals surface area contributed by atoms with Crippen molar-refractivity contribution in [3.8, 4) is 5.75 Å². The minimum absolute atomic E-state index is 0.218. The molecule has 2 N–H and O–H groups in total. The van der Waals surface area contributed by atoms with Gasteiger partial charge in [0.25, 0.3) is 5.91 Å². The first kappa shape index (κ1) is 16.4. The van der Waals surface area contributed by atoms with Crippen molar-refractivity contribution in [1.82, 2.24) is 15.3 Å². The number of carbonyl (C=O) groups excluding carboxylic acids is 1. The lowest BCUT2D eigenvalue weighted by Crippen LogP contribution is -2.23. The number of methoxy groups -OCH3 is 1. The normalized spacial score (nSPS) is 10.1. The zero-order valence-electron chi connectivity index (χ0n) is 13.8. The smallest absolute Gasteiger partial charge is 0.270 e. The first-order valence-electron chi connectivity index (χ1n) is 7.79. The van der Waals surface area contributed by atoms with Crippen molar-refractivity contribution < 1.29 is 9.53 Å². The number of ether oxygens (including phenoxy) is 1. The number of nitrogens with zero attached hydrogens (tertiary/aromatic N) is 2. The number of carbonyl (C=O) groups is 1. The zero-order chi connectivity index (χ0) is 17.5. The molecule has 2 aromatic heterocycles. The minimum Gasteiger partial charge on any atom is -0.497 e. The Kier molecular flexibility index (Phi) is 5.21. The molecule has 0 aliphatic rings. The Bertz CT molecular complexity index is 836. The van der Waals surface area contributed by atoms with Gasteiger partial charge in [-0.1, -0.05) is 6.07 Å². The van der Waals surface area contributed by atoms with Gasteiger partial charge in [-0.3, -0.25) is 9.78 Å². The van der Waals surface area contributed by atoms with E-state index in [2.05, 4.69) is 20.6 Å². The van der Waals surface area contributed by atoms with E-state index in [9.17, 15) is 4.79 Å². The second-order valence-corrected chi connectivity index (χ2v) is 5.33. The standard InChI is InChI=1S/C19H18N4O2/c1-25-17-4-2-3-15(11-17)23-16-5-6-18(21-13-16)19(24)22-12-14-7-9-20-10-8-14/h2-11,13,23H,12H2,1H3,(H,22,24). The van der Waals surface area contributed by atoms with E-state index in [0.717, 1.165) is 22.7 Å². The number of pyridine rings is 2. The number of rotatable bonds is 6. The highest BCUT2D eigenvalue weighted by molar-refractivity contribution is 5.92. The average Bonchev–Trinajstić information content (AvgIpc) is 2.67. The molecule has 0 bridgehead atoms. The molecule has 0 saturated heterocycles. The van der Waals surface area contributed by atoms with Crippen molar-refractivity contribution in [3.05, 3.63) is 78.4 Å². The molecule has 0 fully saturated rings. The van der Waals surface area contributed by atoms with Crippen LogP contribution < -0.4 is 15.4 Å². The molecule has 2 heterocycles. The molecule has 3 aromatic rings. The molecule has 0 saturated carbocycles. The van der Waals surface area contributed by atoms with E-state index < -0.39 is 0 Å². The number of benzene rings is 1. The third kappa shape index (κ3) is 4.54. The molecular formula is C19H18N4O2. The lowest BCUT2D eigenvalue weighted by molar-refractivity contribution is 0.0946. The van der Waals surface area contributed by atoms with Crippen molar-refractivity contribution >= 4 is 17.3 Å². The van der Waals surface area contributed by atoms with Crippen LogP contribution in [0.3, 0.4) is 0 Å². The molecule has 3 rings (SSSR count). The first-order chi connectivity index (χ1) is 12.2. The second-order valence-electron chi connectivity index (χ2n) is 5.33. The summed E-state index contributed by atoms with van der Waals surface area (Å²) in [5, 5.41) is 6.05. The van der Waals surface area contributed by atoms with Gasteiger partial charge in [0.2, 0.25) is 0 Å². The molecule has 126 valence electrons. The van der Waals surface area contributed by atoms with E-state index in [4.69, 9.17) is 4.74 Å². The summed E-state index contributed by atoms with van der Waals surface area (Å²) in [6, 6.07) is 14.8. The number of amides is 1. The maximum Gasteiger partial charge on any atom is 0.270 e.